The topological polar surface area (TPSA) is 59.1 Å². The van der Waals surface area contributed by atoms with Crippen molar-refractivity contribution >= 4 is 11.9 Å². The first-order valence-corrected chi connectivity index (χ1v) is 7.60. The smallest absolute Gasteiger partial charge is 0.306 e. The Morgan fingerprint density at radius 1 is 1.38 bits per heavy atom. The summed E-state index contributed by atoms with van der Waals surface area (Å²) in [6, 6.07) is 0.169. The Hall–Kier alpha value is -1.14. The molecule has 0 aromatic heterocycles. The minimum absolute atomic E-state index is 0.0628. The molecule has 0 aromatic rings. The largest absolute Gasteiger partial charge is 0.469 e. The Bertz CT molecular complexity index is 341. The second kappa shape index (κ2) is 9.00. The molecule has 0 saturated carbocycles. The molecule has 1 amide bonds. The number of rotatable bonds is 8. The number of carbonyl (C=O) groups is 2. The number of hydrogen-bond acceptors (Lipinski definition) is 5. The molecule has 0 aromatic carbocycles. The predicted molar refractivity (Wildman–Crippen MR) is 80.0 cm³/mol. The Morgan fingerprint density at radius 2 is 2.10 bits per heavy atom. The first-order chi connectivity index (χ1) is 9.93. The van der Waals surface area contributed by atoms with Gasteiger partial charge in [-0.15, -0.1) is 0 Å². The molecule has 1 aliphatic heterocycles. The van der Waals surface area contributed by atoms with Crippen LogP contribution in [0.4, 0.5) is 0 Å². The Kier molecular flexibility index (Phi) is 7.67. The zero-order valence-electron chi connectivity index (χ0n) is 13.6. The van der Waals surface area contributed by atoms with E-state index >= 15 is 0 Å². The molecular formula is C15H28N2O4. The van der Waals surface area contributed by atoms with Gasteiger partial charge in [0, 0.05) is 32.8 Å². The Labute approximate surface area is 127 Å². The summed E-state index contributed by atoms with van der Waals surface area (Å²) >= 11 is 0. The SMILES string of the molecule is COC(=O)CCN(CC(=O)N(C)C(C)C)CC1CCCO1. The normalized spacial score (nSPS) is 18.3. The van der Waals surface area contributed by atoms with Crippen LogP contribution in [-0.4, -0.2) is 74.2 Å². The van der Waals surface area contributed by atoms with E-state index in [-0.39, 0.29) is 24.0 Å². The van der Waals surface area contributed by atoms with Gasteiger partial charge >= 0.3 is 5.97 Å². The summed E-state index contributed by atoms with van der Waals surface area (Å²) in [6.45, 7) is 6.27. The van der Waals surface area contributed by atoms with Crippen LogP contribution in [0.2, 0.25) is 0 Å². The summed E-state index contributed by atoms with van der Waals surface area (Å²) < 4.78 is 10.3. The maximum atomic E-state index is 12.2. The molecule has 1 atom stereocenters. The molecule has 0 aliphatic carbocycles. The van der Waals surface area contributed by atoms with Crippen molar-refractivity contribution in [3.8, 4) is 0 Å². The Morgan fingerprint density at radius 3 is 2.62 bits per heavy atom. The van der Waals surface area contributed by atoms with Gasteiger partial charge in [-0.25, -0.2) is 0 Å². The highest BCUT2D eigenvalue weighted by atomic mass is 16.5. The van der Waals surface area contributed by atoms with Crippen LogP contribution in [0.1, 0.15) is 33.1 Å². The van der Waals surface area contributed by atoms with E-state index in [0.29, 0.717) is 26.1 Å². The van der Waals surface area contributed by atoms with E-state index in [9.17, 15) is 9.59 Å². The van der Waals surface area contributed by atoms with Gasteiger partial charge in [0.25, 0.3) is 0 Å². The standard InChI is InChI=1S/C15H28N2O4/c1-12(2)16(3)14(18)11-17(8-7-15(19)20-4)10-13-6-5-9-21-13/h12-13H,5-11H2,1-4H3. The molecule has 6 nitrogen and oxygen atoms in total. The van der Waals surface area contributed by atoms with Gasteiger partial charge in [0.1, 0.15) is 0 Å². The van der Waals surface area contributed by atoms with Crippen molar-refractivity contribution < 1.29 is 19.1 Å². The number of nitrogens with zero attached hydrogens (tertiary/aromatic N) is 2. The number of amides is 1. The first kappa shape index (κ1) is 17.9. The lowest BCUT2D eigenvalue weighted by atomic mass is 10.2. The number of methoxy groups -OCH3 is 1. The minimum atomic E-state index is -0.253. The number of carbonyl (C=O) groups excluding carboxylic acids is 2. The third-order valence-corrected chi connectivity index (χ3v) is 3.87. The van der Waals surface area contributed by atoms with Gasteiger partial charge < -0.3 is 14.4 Å². The molecule has 0 bridgehead atoms. The lowest BCUT2D eigenvalue weighted by molar-refractivity contribution is -0.142. The highest BCUT2D eigenvalue weighted by molar-refractivity contribution is 5.78. The van der Waals surface area contributed by atoms with Crippen LogP contribution in [0.5, 0.6) is 0 Å². The zero-order chi connectivity index (χ0) is 15.8. The molecule has 0 N–H and O–H groups in total. The van der Waals surface area contributed by atoms with E-state index in [4.69, 9.17) is 4.74 Å². The molecule has 1 fully saturated rings. The van der Waals surface area contributed by atoms with Crippen LogP contribution in [0, 0.1) is 0 Å². The van der Waals surface area contributed by atoms with Crippen LogP contribution in [0.15, 0.2) is 0 Å². The summed E-state index contributed by atoms with van der Waals surface area (Å²) in [6.07, 6.45) is 2.54. The van der Waals surface area contributed by atoms with Gasteiger partial charge in [0.15, 0.2) is 0 Å². The highest BCUT2D eigenvalue weighted by Gasteiger charge is 2.23. The van der Waals surface area contributed by atoms with Crippen molar-refractivity contribution in [3.05, 3.63) is 0 Å². The summed E-state index contributed by atoms with van der Waals surface area (Å²) in [5.74, 6) is -0.190. The van der Waals surface area contributed by atoms with E-state index in [0.717, 1.165) is 19.4 Å². The fraction of sp³-hybridized carbons (Fsp3) is 0.867. The van der Waals surface area contributed by atoms with Crippen molar-refractivity contribution in [2.45, 2.75) is 45.3 Å². The van der Waals surface area contributed by atoms with Gasteiger partial charge in [-0.2, -0.15) is 0 Å². The second-order valence-corrected chi connectivity index (χ2v) is 5.79. The van der Waals surface area contributed by atoms with Gasteiger partial charge in [0.05, 0.1) is 26.2 Å². The number of hydrogen-bond donors (Lipinski definition) is 0. The quantitative estimate of drug-likeness (QED) is 0.623. The Balaban J connectivity index is 2.53. The molecule has 21 heavy (non-hydrogen) atoms. The van der Waals surface area contributed by atoms with Crippen molar-refractivity contribution in [2.75, 3.05) is 40.4 Å². The van der Waals surface area contributed by atoms with E-state index in [1.54, 1.807) is 11.9 Å². The average Bonchev–Trinajstić information content (AvgIpc) is 2.96. The molecule has 6 heteroatoms. The fourth-order valence-electron chi connectivity index (χ4n) is 2.25. The first-order valence-electron chi connectivity index (χ1n) is 7.60. The lowest BCUT2D eigenvalue weighted by Gasteiger charge is -2.28. The lowest BCUT2D eigenvalue weighted by Crippen LogP contribution is -2.44. The minimum Gasteiger partial charge on any atom is -0.469 e. The fourth-order valence-corrected chi connectivity index (χ4v) is 2.25. The van der Waals surface area contributed by atoms with Crippen LogP contribution in [-0.2, 0) is 19.1 Å². The monoisotopic (exact) mass is 300 g/mol. The van der Waals surface area contributed by atoms with Crippen molar-refractivity contribution in [2.24, 2.45) is 0 Å². The van der Waals surface area contributed by atoms with E-state index in [2.05, 4.69) is 4.74 Å². The summed E-state index contributed by atoms with van der Waals surface area (Å²) in [4.78, 5) is 27.2. The van der Waals surface area contributed by atoms with E-state index < -0.39 is 0 Å². The van der Waals surface area contributed by atoms with Crippen LogP contribution in [0.3, 0.4) is 0 Å². The van der Waals surface area contributed by atoms with Gasteiger partial charge in [-0.1, -0.05) is 0 Å². The number of likely N-dealkylation sites (N-methyl/N-ethyl adjacent to an activating group) is 1. The zero-order valence-corrected chi connectivity index (χ0v) is 13.6. The molecule has 122 valence electrons. The van der Waals surface area contributed by atoms with Crippen molar-refractivity contribution in [1.29, 1.82) is 0 Å². The molecule has 1 aliphatic rings. The molecule has 1 rings (SSSR count). The molecule has 1 saturated heterocycles. The third-order valence-electron chi connectivity index (χ3n) is 3.87. The van der Waals surface area contributed by atoms with Gasteiger partial charge in [-0.3, -0.25) is 14.5 Å². The maximum Gasteiger partial charge on any atom is 0.306 e. The summed E-state index contributed by atoms with van der Waals surface area (Å²) in [7, 11) is 3.18. The van der Waals surface area contributed by atoms with Crippen LogP contribution in [0.25, 0.3) is 0 Å². The highest BCUT2D eigenvalue weighted by Crippen LogP contribution is 2.14. The predicted octanol–water partition coefficient (Wildman–Crippen LogP) is 0.897. The molecule has 1 heterocycles. The van der Waals surface area contributed by atoms with Crippen LogP contribution >= 0.6 is 0 Å². The molecule has 0 spiro atoms. The van der Waals surface area contributed by atoms with Gasteiger partial charge in [0.2, 0.25) is 5.91 Å². The number of ether oxygens (including phenoxy) is 2. The second-order valence-electron chi connectivity index (χ2n) is 5.79. The summed E-state index contributed by atoms with van der Waals surface area (Å²) in [5, 5.41) is 0. The molecule has 0 radical (unpaired) electrons. The van der Waals surface area contributed by atoms with E-state index in [1.165, 1.54) is 7.11 Å². The summed E-state index contributed by atoms with van der Waals surface area (Å²) in [5.41, 5.74) is 0. The molecular weight excluding hydrogens is 272 g/mol. The average molecular weight is 300 g/mol. The van der Waals surface area contributed by atoms with Gasteiger partial charge in [-0.05, 0) is 26.7 Å². The number of esters is 1. The molecule has 1 unspecified atom stereocenters. The van der Waals surface area contributed by atoms with Crippen molar-refractivity contribution in [3.63, 3.8) is 0 Å². The van der Waals surface area contributed by atoms with Crippen molar-refractivity contribution in [1.82, 2.24) is 9.80 Å². The van der Waals surface area contributed by atoms with E-state index in [1.807, 2.05) is 18.7 Å². The maximum absolute atomic E-state index is 12.2. The third kappa shape index (κ3) is 6.44. The van der Waals surface area contributed by atoms with Crippen LogP contribution < -0.4 is 0 Å².